The van der Waals surface area contributed by atoms with E-state index >= 15 is 0 Å². The molecule has 1 aliphatic carbocycles. The number of benzene rings is 3. The van der Waals surface area contributed by atoms with E-state index in [0.717, 1.165) is 34.6 Å². The van der Waals surface area contributed by atoms with Gasteiger partial charge in [-0.3, -0.25) is 4.79 Å². The van der Waals surface area contributed by atoms with Gasteiger partial charge in [0, 0.05) is 22.7 Å². The molecule has 2 aliphatic rings. The zero-order valence-corrected chi connectivity index (χ0v) is 17.5. The molecule has 3 aromatic carbocycles. The molecule has 0 aromatic heterocycles. The molecule has 2 N–H and O–H groups in total. The maximum atomic E-state index is 13.5. The summed E-state index contributed by atoms with van der Waals surface area (Å²) >= 11 is 6.12. The molecule has 0 fully saturated rings. The number of para-hydroxylation sites is 2. The number of hydrogen-bond donors (Lipinski definition) is 2. The lowest BCUT2D eigenvalue weighted by Crippen LogP contribution is -2.26. The lowest BCUT2D eigenvalue weighted by molar-refractivity contribution is -0.116. The largest absolute Gasteiger partial charge is 0.372 e. The number of anilines is 2. The number of allylic oxidation sites excluding steroid dienone is 1. The third kappa shape index (κ3) is 3.50. The molecule has 5 rings (SSSR count). The Morgan fingerprint density at radius 2 is 1.50 bits per heavy atom. The Morgan fingerprint density at radius 1 is 0.833 bits per heavy atom. The van der Waals surface area contributed by atoms with Gasteiger partial charge in [0.25, 0.3) is 0 Å². The second kappa shape index (κ2) is 7.66. The molecule has 30 heavy (non-hydrogen) atoms. The molecule has 4 heteroatoms. The predicted molar refractivity (Wildman–Crippen MR) is 123 cm³/mol. The van der Waals surface area contributed by atoms with Crippen LogP contribution in [0.3, 0.4) is 0 Å². The summed E-state index contributed by atoms with van der Waals surface area (Å²) in [6.45, 7) is 2.09. The third-order valence-electron chi connectivity index (χ3n) is 6.06. The van der Waals surface area contributed by atoms with Crippen LogP contribution in [0.15, 0.2) is 84.1 Å². The van der Waals surface area contributed by atoms with Crippen molar-refractivity contribution in [1.82, 2.24) is 0 Å². The average molecular weight is 415 g/mol. The molecular weight excluding hydrogens is 392 g/mol. The van der Waals surface area contributed by atoms with Gasteiger partial charge in [0.2, 0.25) is 0 Å². The monoisotopic (exact) mass is 414 g/mol. The molecule has 1 aliphatic heterocycles. The maximum absolute atomic E-state index is 13.5. The van der Waals surface area contributed by atoms with Crippen molar-refractivity contribution in [3.05, 3.63) is 106 Å². The number of ketones is 1. The number of fused-ring (bicyclic) bond motifs is 1. The summed E-state index contributed by atoms with van der Waals surface area (Å²) < 4.78 is 0. The van der Waals surface area contributed by atoms with E-state index in [1.165, 1.54) is 11.1 Å². The van der Waals surface area contributed by atoms with Gasteiger partial charge in [-0.1, -0.05) is 65.7 Å². The van der Waals surface area contributed by atoms with Gasteiger partial charge < -0.3 is 10.6 Å². The van der Waals surface area contributed by atoms with Crippen LogP contribution >= 0.6 is 11.6 Å². The smallest absolute Gasteiger partial charge is 0.163 e. The number of hydrogen-bond acceptors (Lipinski definition) is 3. The first-order chi connectivity index (χ1) is 14.6. The molecule has 0 spiro atoms. The number of rotatable bonds is 2. The number of halogens is 1. The van der Waals surface area contributed by atoms with E-state index in [4.69, 9.17) is 11.6 Å². The molecule has 1 heterocycles. The highest BCUT2D eigenvalue weighted by Crippen LogP contribution is 2.44. The zero-order chi connectivity index (χ0) is 20.7. The molecule has 3 aromatic rings. The van der Waals surface area contributed by atoms with Crippen LogP contribution in [0, 0.1) is 6.92 Å². The van der Waals surface area contributed by atoms with Gasteiger partial charge in [0.15, 0.2) is 5.78 Å². The Kier molecular flexibility index (Phi) is 4.84. The van der Waals surface area contributed by atoms with Gasteiger partial charge in [-0.15, -0.1) is 0 Å². The molecule has 150 valence electrons. The third-order valence-corrected chi connectivity index (χ3v) is 6.31. The van der Waals surface area contributed by atoms with Crippen LogP contribution < -0.4 is 10.6 Å². The van der Waals surface area contributed by atoms with Crippen LogP contribution in [0.4, 0.5) is 11.4 Å². The van der Waals surface area contributed by atoms with Crippen molar-refractivity contribution in [2.75, 3.05) is 10.6 Å². The molecule has 0 saturated carbocycles. The molecule has 0 radical (unpaired) electrons. The second-order valence-corrected chi connectivity index (χ2v) is 8.57. The average Bonchev–Trinajstić information content (AvgIpc) is 2.91. The van der Waals surface area contributed by atoms with Gasteiger partial charge in [-0.25, -0.2) is 0 Å². The minimum absolute atomic E-state index is 0.181. The van der Waals surface area contributed by atoms with Gasteiger partial charge >= 0.3 is 0 Å². The van der Waals surface area contributed by atoms with E-state index in [2.05, 4.69) is 47.9 Å². The summed E-state index contributed by atoms with van der Waals surface area (Å²) in [5, 5.41) is 7.88. The van der Waals surface area contributed by atoms with Crippen molar-refractivity contribution in [3.63, 3.8) is 0 Å². The Morgan fingerprint density at radius 3 is 2.23 bits per heavy atom. The number of carbonyl (C=O) groups excluding carboxylic acids is 1. The van der Waals surface area contributed by atoms with Crippen LogP contribution in [0.2, 0.25) is 5.02 Å². The van der Waals surface area contributed by atoms with Crippen LogP contribution in [0.5, 0.6) is 0 Å². The van der Waals surface area contributed by atoms with Crippen LogP contribution in [0.25, 0.3) is 0 Å². The fourth-order valence-corrected chi connectivity index (χ4v) is 4.60. The van der Waals surface area contributed by atoms with Crippen LogP contribution in [-0.4, -0.2) is 5.78 Å². The predicted octanol–water partition coefficient (Wildman–Crippen LogP) is 6.63. The fraction of sp³-hybridized carbons (Fsp3) is 0.192. The van der Waals surface area contributed by atoms with Crippen molar-refractivity contribution in [2.45, 2.75) is 31.7 Å². The van der Waals surface area contributed by atoms with Crippen molar-refractivity contribution in [1.29, 1.82) is 0 Å². The summed E-state index contributed by atoms with van der Waals surface area (Å²) in [7, 11) is 0. The lowest BCUT2D eigenvalue weighted by Gasteiger charge is -2.30. The maximum Gasteiger partial charge on any atom is 0.163 e. The first-order valence-electron chi connectivity index (χ1n) is 10.3. The minimum atomic E-state index is -0.208. The highest BCUT2D eigenvalue weighted by Gasteiger charge is 2.35. The first kappa shape index (κ1) is 19.0. The SMILES string of the molecule is Cc1ccc([C@H]2CC(=O)C3=C(C2)Nc2ccccc2N[C@H]3c2ccc(Cl)cc2)cc1. The Balaban J connectivity index is 1.60. The van der Waals surface area contributed by atoms with Crippen LogP contribution in [-0.2, 0) is 4.79 Å². The quantitative estimate of drug-likeness (QED) is 0.494. The molecule has 2 atom stereocenters. The molecule has 0 bridgehead atoms. The van der Waals surface area contributed by atoms with Crippen molar-refractivity contribution in [3.8, 4) is 0 Å². The van der Waals surface area contributed by atoms with E-state index in [-0.39, 0.29) is 17.7 Å². The summed E-state index contributed by atoms with van der Waals surface area (Å²) in [6, 6.07) is 24.2. The number of aryl methyl sites for hydroxylation is 1. The van der Waals surface area contributed by atoms with Gasteiger partial charge in [-0.05, 0) is 54.7 Å². The topological polar surface area (TPSA) is 41.1 Å². The molecule has 0 unspecified atom stereocenters. The summed E-state index contributed by atoms with van der Waals surface area (Å²) in [5.74, 6) is 0.370. The summed E-state index contributed by atoms with van der Waals surface area (Å²) in [4.78, 5) is 13.5. The summed E-state index contributed by atoms with van der Waals surface area (Å²) in [6.07, 6.45) is 1.33. The second-order valence-electron chi connectivity index (χ2n) is 8.13. The van der Waals surface area contributed by atoms with Crippen molar-refractivity contribution < 1.29 is 4.79 Å². The lowest BCUT2D eigenvalue weighted by atomic mass is 9.78. The Bertz CT molecular complexity index is 1130. The fourth-order valence-electron chi connectivity index (χ4n) is 4.47. The number of Topliss-reactive ketones (excluding diaryl/α,β-unsaturated/α-hetero) is 1. The standard InChI is InChI=1S/C26H23ClN2O/c1-16-6-8-17(9-7-16)19-14-23-25(24(30)15-19)26(18-10-12-20(27)13-11-18)29-22-5-3-2-4-21(22)28-23/h2-13,19,26,28-29H,14-15H2,1H3/t19-,26+/m1/s1. The highest BCUT2D eigenvalue weighted by atomic mass is 35.5. The summed E-state index contributed by atoms with van der Waals surface area (Å²) in [5.41, 5.74) is 7.31. The van der Waals surface area contributed by atoms with E-state index in [0.29, 0.717) is 11.4 Å². The van der Waals surface area contributed by atoms with Gasteiger partial charge in [-0.2, -0.15) is 0 Å². The van der Waals surface area contributed by atoms with Crippen LogP contribution in [0.1, 0.15) is 41.5 Å². The number of carbonyl (C=O) groups is 1. The van der Waals surface area contributed by atoms with Gasteiger partial charge in [0.05, 0.1) is 17.4 Å². The van der Waals surface area contributed by atoms with E-state index in [1.807, 2.05) is 42.5 Å². The van der Waals surface area contributed by atoms with E-state index in [1.54, 1.807) is 0 Å². The zero-order valence-electron chi connectivity index (χ0n) is 16.8. The van der Waals surface area contributed by atoms with E-state index < -0.39 is 0 Å². The normalized spacial score (nSPS) is 20.5. The minimum Gasteiger partial charge on any atom is -0.372 e. The molecule has 0 saturated heterocycles. The number of nitrogens with one attached hydrogen (secondary N) is 2. The molecule has 3 nitrogen and oxygen atoms in total. The molecule has 0 amide bonds. The van der Waals surface area contributed by atoms with Crippen molar-refractivity contribution in [2.24, 2.45) is 0 Å². The van der Waals surface area contributed by atoms with E-state index in [9.17, 15) is 4.79 Å². The Hall–Kier alpha value is -3.04. The Labute approximate surface area is 181 Å². The van der Waals surface area contributed by atoms with Gasteiger partial charge in [0.1, 0.15) is 0 Å². The highest BCUT2D eigenvalue weighted by molar-refractivity contribution is 6.30. The van der Waals surface area contributed by atoms with Crippen molar-refractivity contribution >= 4 is 28.8 Å². The molecular formula is C26H23ClN2O. The first-order valence-corrected chi connectivity index (χ1v) is 10.7.